The summed E-state index contributed by atoms with van der Waals surface area (Å²) >= 11 is 6.06. The Balaban J connectivity index is 1.98. The van der Waals surface area contributed by atoms with Crippen molar-refractivity contribution in [2.45, 2.75) is 0 Å². The summed E-state index contributed by atoms with van der Waals surface area (Å²) in [6.45, 7) is 0. The van der Waals surface area contributed by atoms with Gasteiger partial charge in [-0.1, -0.05) is 29.8 Å². The van der Waals surface area contributed by atoms with Crippen LogP contribution in [0.2, 0.25) is 5.02 Å². The quantitative estimate of drug-likeness (QED) is 0.629. The van der Waals surface area contributed by atoms with E-state index in [0.717, 1.165) is 0 Å². The van der Waals surface area contributed by atoms with Gasteiger partial charge in [-0.2, -0.15) is 0 Å². The summed E-state index contributed by atoms with van der Waals surface area (Å²) in [5, 5.41) is 0.484. The summed E-state index contributed by atoms with van der Waals surface area (Å²) in [4.78, 5) is 20.1. The third kappa shape index (κ3) is 2.46. The highest BCUT2D eigenvalue weighted by Gasteiger charge is 2.25. The first-order valence-corrected chi connectivity index (χ1v) is 6.30. The number of rotatable bonds is 2. The number of cyclic esters (lactones) is 1. The molecule has 2 heterocycles. The number of hydrogen-bond donors (Lipinski definition) is 0. The van der Waals surface area contributed by atoms with Crippen LogP contribution in [0.5, 0.6) is 0 Å². The van der Waals surface area contributed by atoms with Gasteiger partial charge < -0.3 is 4.74 Å². The molecule has 4 nitrogen and oxygen atoms in total. The molecule has 20 heavy (non-hydrogen) atoms. The average Bonchev–Trinajstić information content (AvgIpc) is 2.81. The lowest BCUT2D eigenvalue weighted by Crippen LogP contribution is -2.05. The van der Waals surface area contributed by atoms with Gasteiger partial charge in [0, 0.05) is 6.20 Å². The Labute approximate surface area is 120 Å². The van der Waals surface area contributed by atoms with Crippen LogP contribution in [0.4, 0.5) is 0 Å². The van der Waals surface area contributed by atoms with Gasteiger partial charge >= 0.3 is 5.97 Å². The van der Waals surface area contributed by atoms with Crippen molar-refractivity contribution in [3.63, 3.8) is 0 Å². The van der Waals surface area contributed by atoms with E-state index in [1.807, 2.05) is 6.07 Å². The van der Waals surface area contributed by atoms with Crippen LogP contribution in [-0.4, -0.2) is 16.9 Å². The molecule has 0 N–H and O–H groups in total. The highest BCUT2D eigenvalue weighted by Crippen LogP contribution is 2.23. The minimum absolute atomic E-state index is 0.207. The van der Waals surface area contributed by atoms with Crippen molar-refractivity contribution >= 4 is 29.5 Å². The molecule has 98 valence electrons. The van der Waals surface area contributed by atoms with E-state index in [-0.39, 0.29) is 11.6 Å². The second kappa shape index (κ2) is 5.27. The predicted molar refractivity (Wildman–Crippen MR) is 76.3 cm³/mol. The number of nitrogens with zero attached hydrogens (tertiary/aromatic N) is 2. The second-order valence-corrected chi connectivity index (χ2v) is 4.48. The molecule has 5 heteroatoms. The summed E-state index contributed by atoms with van der Waals surface area (Å²) in [5.74, 6) is -0.298. The molecule has 0 atom stereocenters. The molecule has 0 fully saturated rings. The predicted octanol–water partition coefficient (Wildman–Crippen LogP) is 3.08. The van der Waals surface area contributed by atoms with Gasteiger partial charge in [-0.15, -0.1) is 0 Å². The zero-order valence-electron chi connectivity index (χ0n) is 10.3. The lowest BCUT2D eigenvalue weighted by atomic mass is 10.2. The average molecular weight is 285 g/mol. The highest BCUT2D eigenvalue weighted by molar-refractivity contribution is 6.34. The van der Waals surface area contributed by atoms with Gasteiger partial charge in [0.15, 0.2) is 5.70 Å². The maximum Gasteiger partial charge on any atom is 0.363 e. The molecule has 1 aliphatic heterocycles. The Morgan fingerprint density at radius 3 is 2.65 bits per heavy atom. The molecule has 0 radical (unpaired) electrons. The maximum absolute atomic E-state index is 11.8. The summed E-state index contributed by atoms with van der Waals surface area (Å²) in [6, 6.07) is 12.5. The smallest absolute Gasteiger partial charge is 0.363 e. The van der Waals surface area contributed by atoms with Crippen molar-refractivity contribution in [1.29, 1.82) is 0 Å². The fourth-order valence-electron chi connectivity index (χ4n) is 1.76. The van der Waals surface area contributed by atoms with E-state index in [1.165, 1.54) is 0 Å². The van der Waals surface area contributed by atoms with E-state index in [0.29, 0.717) is 16.3 Å². The van der Waals surface area contributed by atoms with E-state index in [9.17, 15) is 4.79 Å². The summed E-state index contributed by atoms with van der Waals surface area (Å²) in [7, 11) is 0. The molecule has 0 saturated carbocycles. The Bertz CT molecular complexity index is 724. The topological polar surface area (TPSA) is 51.5 Å². The second-order valence-electron chi connectivity index (χ2n) is 4.07. The summed E-state index contributed by atoms with van der Waals surface area (Å²) in [5.41, 5.74) is 1.44. The van der Waals surface area contributed by atoms with Crippen molar-refractivity contribution in [1.82, 2.24) is 4.98 Å². The van der Waals surface area contributed by atoms with Crippen molar-refractivity contribution in [2.75, 3.05) is 0 Å². The third-order valence-corrected chi connectivity index (χ3v) is 3.03. The molecule has 0 amide bonds. The minimum atomic E-state index is -0.509. The van der Waals surface area contributed by atoms with Crippen molar-refractivity contribution in [3.05, 3.63) is 70.6 Å². The van der Waals surface area contributed by atoms with Gasteiger partial charge in [-0.3, -0.25) is 4.98 Å². The van der Waals surface area contributed by atoms with E-state index in [2.05, 4.69) is 9.98 Å². The number of aromatic nitrogens is 1. The van der Waals surface area contributed by atoms with E-state index >= 15 is 0 Å². The molecule has 2 aromatic rings. The van der Waals surface area contributed by atoms with Gasteiger partial charge in [0.2, 0.25) is 5.90 Å². The SMILES string of the molecule is O=C1OC(c2ccccc2Cl)=N/C1=C\c1ccccn1. The molecule has 1 aliphatic rings. The normalized spacial score (nSPS) is 16.1. The minimum Gasteiger partial charge on any atom is -0.402 e. The number of carbonyl (C=O) groups is 1. The fourth-order valence-corrected chi connectivity index (χ4v) is 1.98. The lowest BCUT2D eigenvalue weighted by molar-refractivity contribution is -0.129. The monoisotopic (exact) mass is 284 g/mol. The van der Waals surface area contributed by atoms with Gasteiger partial charge in [0.1, 0.15) is 0 Å². The molecule has 1 aromatic heterocycles. The zero-order valence-corrected chi connectivity index (χ0v) is 11.0. The van der Waals surface area contributed by atoms with Crippen LogP contribution in [0, 0.1) is 0 Å². The first-order chi connectivity index (χ1) is 9.74. The van der Waals surface area contributed by atoms with Crippen LogP contribution in [0.25, 0.3) is 6.08 Å². The van der Waals surface area contributed by atoms with Crippen LogP contribution >= 0.6 is 11.6 Å². The Morgan fingerprint density at radius 1 is 1.10 bits per heavy atom. The van der Waals surface area contributed by atoms with Gasteiger partial charge in [0.05, 0.1) is 16.3 Å². The number of ether oxygens (including phenoxy) is 1. The maximum atomic E-state index is 11.8. The number of carbonyl (C=O) groups excluding carboxylic acids is 1. The van der Waals surface area contributed by atoms with Crippen LogP contribution in [0.15, 0.2) is 59.4 Å². The molecule has 0 aliphatic carbocycles. The highest BCUT2D eigenvalue weighted by atomic mass is 35.5. The third-order valence-electron chi connectivity index (χ3n) is 2.70. The number of hydrogen-bond acceptors (Lipinski definition) is 4. The van der Waals surface area contributed by atoms with E-state index in [1.54, 1.807) is 48.7 Å². The number of aliphatic imine (C=N–C) groups is 1. The van der Waals surface area contributed by atoms with Gasteiger partial charge in [0.25, 0.3) is 0 Å². The Morgan fingerprint density at radius 2 is 1.90 bits per heavy atom. The Kier molecular flexibility index (Phi) is 3.31. The molecule has 0 unspecified atom stereocenters. The largest absolute Gasteiger partial charge is 0.402 e. The van der Waals surface area contributed by atoms with Crippen molar-refractivity contribution < 1.29 is 9.53 Å². The molecule has 0 saturated heterocycles. The standard InChI is InChI=1S/C15H9ClN2O2/c16-12-7-2-1-6-11(12)14-18-13(15(19)20-14)9-10-5-3-4-8-17-10/h1-9H/b13-9-. The zero-order chi connectivity index (χ0) is 13.9. The number of esters is 1. The molecule has 0 bridgehead atoms. The van der Waals surface area contributed by atoms with Crippen LogP contribution < -0.4 is 0 Å². The lowest BCUT2D eigenvalue weighted by Gasteiger charge is -2.00. The van der Waals surface area contributed by atoms with E-state index in [4.69, 9.17) is 16.3 Å². The number of pyridine rings is 1. The Hall–Kier alpha value is -2.46. The fraction of sp³-hybridized carbons (Fsp3) is 0. The van der Waals surface area contributed by atoms with E-state index < -0.39 is 5.97 Å². The van der Waals surface area contributed by atoms with Crippen LogP contribution in [-0.2, 0) is 9.53 Å². The molecule has 3 rings (SSSR count). The first-order valence-electron chi connectivity index (χ1n) is 5.92. The van der Waals surface area contributed by atoms with Gasteiger partial charge in [-0.25, -0.2) is 9.79 Å². The van der Waals surface area contributed by atoms with Gasteiger partial charge in [-0.05, 0) is 30.3 Å². The van der Waals surface area contributed by atoms with Crippen molar-refractivity contribution in [3.8, 4) is 0 Å². The molecular weight excluding hydrogens is 276 g/mol. The molecule has 1 aromatic carbocycles. The van der Waals surface area contributed by atoms with Crippen LogP contribution in [0.3, 0.4) is 0 Å². The molecular formula is C15H9ClN2O2. The number of halogens is 1. The first kappa shape index (κ1) is 12.6. The van der Waals surface area contributed by atoms with Crippen LogP contribution in [0.1, 0.15) is 11.3 Å². The molecule has 0 spiro atoms. The summed E-state index contributed by atoms with van der Waals surface area (Å²) < 4.78 is 5.14. The summed E-state index contributed by atoms with van der Waals surface area (Å²) in [6.07, 6.45) is 3.22. The number of benzene rings is 1. The van der Waals surface area contributed by atoms with Crippen molar-refractivity contribution in [2.24, 2.45) is 4.99 Å².